The van der Waals surface area contributed by atoms with Crippen LogP contribution in [0.5, 0.6) is 0 Å². The van der Waals surface area contributed by atoms with Crippen molar-refractivity contribution < 1.29 is 14.0 Å². The Morgan fingerprint density at radius 1 is 1.08 bits per heavy atom. The maximum atomic E-state index is 12.6. The summed E-state index contributed by atoms with van der Waals surface area (Å²) in [5.41, 5.74) is 3.99. The first-order valence-corrected chi connectivity index (χ1v) is 12.9. The van der Waals surface area contributed by atoms with Crippen LogP contribution in [0.15, 0.2) is 69.4 Å². The van der Waals surface area contributed by atoms with Gasteiger partial charge in [-0.15, -0.1) is 0 Å². The Labute approximate surface area is 214 Å². The predicted octanol–water partition coefficient (Wildman–Crippen LogP) is 5.58. The van der Waals surface area contributed by atoms with Crippen molar-refractivity contribution in [3.05, 3.63) is 92.3 Å². The molecule has 1 aliphatic heterocycles. The van der Waals surface area contributed by atoms with Crippen LogP contribution in [-0.4, -0.2) is 29.8 Å². The van der Waals surface area contributed by atoms with Gasteiger partial charge in [0.2, 0.25) is 5.91 Å². The molecule has 186 valence electrons. The highest BCUT2D eigenvalue weighted by Crippen LogP contribution is 2.37. The van der Waals surface area contributed by atoms with Gasteiger partial charge < -0.3 is 14.6 Å². The van der Waals surface area contributed by atoms with Gasteiger partial charge in [0, 0.05) is 37.1 Å². The van der Waals surface area contributed by atoms with Crippen LogP contribution < -0.4 is 10.7 Å². The van der Waals surface area contributed by atoms with E-state index in [0.29, 0.717) is 41.4 Å². The van der Waals surface area contributed by atoms with Gasteiger partial charge in [0.1, 0.15) is 5.58 Å². The molecule has 2 aromatic carbocycles. The highest BCUT2D eigenvalue weighted by Gasteiger charge is 2.24. The van der Waals surface area contributed by atoms with E-state index in [9.17, 15) is 14.4 Å². The van der Waals surface area contributed by atoms with Crippen LogP contribution in [0.2, 0.25) is 5.02 Å². The molecule has 1 N–H and O–H groups in total. The molecule has 7 heteroatoms. The largest absolute Gasteiger partial charge is 0.451 e. The molecule has 0 unspecified atom stereocenters. The van der Waals surface area contributed by atoms with Crippen LogP contribution in [-0.2, 0) is 11.3 Å². The molecule has 3 aromatic rings. The van der Waals surface area contributed by atoms with Gasteiger partial charge in [0.25, 0.3) is 5.91 Å². The monoisotopic (exact) mass is 504 g/mol. The number of hydrogen-bond donors (Lipinski definition) is 1. The summed E-state index contributed by atoms with van der Waals surface area (Å²) in [4.78, 5) is 39.0. The van der Waals surface area contributed by atoms with Crippen LogP contribution in [0.25, 0.3) is 11.0 Å². The number of rotatable bonds is 6. The molecule has 2 amide bonds. The molecule has 2 fully saturated rings. The van der Waals surface area contributed by atoms with E-state index in [1.807, 2.05) is 4.90 Å². The molecule has 1 aliphatic carbocycles. The minimum absolute atomic E-state index is 0.00924. The molecule has 1 saturated carbocycles. The quantitative estimate of drug-likeness (QED) is 0.444. The molecule has 0 bridgehead atoms. The van der Waals surface area contributed by atoms with Crippen LogP contribution in [0, 0.1) is 0 Å². The second-order valence-electron chi connectivity index (χ2n) is 9.58. The second kappa shape index (κ2) is 10.7. The number of benzene rings is 2. The van der Waals surface area contributed by atoms with E-state index in [4.69, 9.17) is 16.0 Å². The van der Waals surface area contributed by atoms with E-state index in [1.54, 1.807) is 12.1 Å². The summed E-state index contributed by atoms with van der Waals surface area (Å²) in [6, 6.07) is 14.5. The van der Waals surface area contributed by atoms with Crippen LogP contribution in [0.3, 0.4) is 0 Å². The summed E-state index contributed by atoms with van der Waals surface area (Å²) >= 11 is 5.95. The van der Waals surface area contributed by atoms with Crippen LogP contribution in [0.1, 0.15) is 66.1 Å². The first-order chi connectivity index (χ1) is 17.5. The molecule has 1 saturated heterocycles. The topological polar surface area (TPSA) is 79.6 Å². The van der Waals surface area contributed by atoms with Crippen molar-refractivity contribution in [2.75, 3.05) is 13.1 Å². The van der Waals surface area contributed by atoms with Crippen molar-refractivity contribution in [1.29, 1.82) is 0 Å². The zero-order valence-corrected chi connectivity index (χ0v) is 20.9. The summed E-state index contributed by atoms with van der Waals surface area (Å²) in [6.45, 7) is 1.94. The SMILES string of the molecule is O=C(NCC=C1CCC(c2ccccc2CN2CCCC2=O)CC1)c1cc(=O)c2cc(Cl)ccc2o1. The molecule has 0 radical (unpaired) electrons. The Morgan fingerprint density at radius 3 is 2.67 bits per heavy atom. The number of hydrogen-bond acceptors (Lipinski definition) is 4. The Balaban J connectivity index is 1.17. The minimum atomic E-state index is -0.417. The summed E-state index contributed by atoms with van der Waals surface area (Å²) in [5, 5.41) is 3.63. The summed E-state index contributed by atoms with van der Waals surface area (Å²) < 4.78 is 5.61. The van der Waals surface area contributed by atoms with Gasteiger partial charge in [0.05, 0.1) is 5.39 Å². The van der Waals surface area contributed by atoms with Crippen molar-refractivity contribution >= 4 is 34.4 Å². The zero-order valence-electron chi connectivity index (χ0n) is 20.1. The molecule has 5 rings (SSSR count). The fourth-order valence-electron chi connectivity index (χ4n) is 5.27. The van der Waals surface area contributed by atoms with E-state index in [1.165, 1.54) is 28.8 Å². The molecule has 36 heavy (non-hydrogen) atoms. The van der Waals surface area contributed by atoms with Gasteiger partial charge in [-0.2, -0.15) is 0 Å². The lowest BCUT2D eigenvalue weighted by atomic mass is 9.80. The highest BCUT2D eigenvalue weighted by molar-refractivity contribution is 6.31. The number of fused-ring (bicyclic) bond motifs is 1. The standard InChI is InChI=1S/C29H29ClN2O4/c30-22-11-12-26-24(16-22)25(33)17-27(36-26)29(35)31-14-13-19-7-9-20(10-8-19)23-5-2-1-4-21(23)18-32-15-3-6-28(32)34/h1-2,4-5,11-13,16-17,20H,3,6-10,14-15,18H2,(H,31,35). The van der Waals surface area contributed by atoms with Crippen molar-refractivity contribution in [3.63, 3.8) is 0 Å². The second-order valence-corrected chi connectivity index (χ2v) is 10.0. The smallest absolute Gasteiger partial charge is 0.287 e. The molecular weight excluding hydrogens is 476 g/mol. The van der Waals surface area contributed by atoms with Crippen LogP contribution >= 0.6 is 11.6 Å². The first kappa shape index (κ1) is 24.3. The van der Waals surface area contributed by atoms with Gasteiger partial charge in [-0.3, -0.25) is 14.4 Å². The third kappa shape index (κ3) is 5.39. The van der Waals surface area contributed by atoms with Crippen LogP contribution in [0.4, 0.5) is 0 Å². The Morgan fingerprint density at radius 2 is 1.89 bits per heavy atom. The molecule has 0 atom stereocenters. The lowest BCUT2D eigenvalue weighted by Gasteiger charge is -2.27. The zero-order chi connectivity index (χ0) is 25.1. The lowest BCUT2D eigenvalue weighted by Crippen LogP contribution is -2.25. The van der Waals surface area contributed by atoms with Crippen molar-refractivity contribution in [2.45, 2.75) is 51.0 Å². The predicted molar refractivity (Wildman–Crippen MR) is 140 cm³/mol. The molecule has 1 aromatic heterocycles. The third-order valence-electron chi connectivity index (χ3n) is 7.22. The molecule has 2 aliphatic rings. The number of amides is 2. The Kier molecular flexibility index (Phi) is 7.23. The maximum absolute atomic E-state index is 12.6. The number of halogens is 1. The summed E-state index contributed by atoms with van der Waals surface area (Å²) in [6.07, 6.45) is 7.74. The minimum Gasteiger partial charge on any atom is -0.451 e. The van der Waals surface area contributed by atoms with Crippen molar-refractivity contribution in [3.8, 4) is 0 Å². The fourth-order valence-corrected chi connectivity index (χ4v) is 5.44. The average molecular weight is 505 g/mol. The van der Waals surface area contributed by atoms with Crippen molar-refractivity contribution in [1.82, 2.24) is 10.2 Å². The number of likely N-dealkylation sites (tertiary alicyclic amines) is 1. The summed E-state index contributed by atoms with van der Waals surface area (Å²) in [5.74, 6) is 0.309. The van der Waals surface area contributed by atoms with E-state index in [2.05, 4.69) is 35.7 Å². The molecule has 0 spiro atoms. The highest BCUT2D eigenvalue weighted by atomic mass is 35.5. The molecular formula is C29H29ClN2O4. The number of nitrogens with one attached hydrogen (secondary N) is 1. The number of nitrogens with zero attached hydrogens (tertiary/aromatic N) is 1. The normalized spacial score (nSPS) is 18.0. The van der Waals surface area contributed by atoms with E-state index < -0.39 is 5.91 Å². The van der Waals surface area contributed by atoms with Crippen molar-refractivity contribution in [2.24, 2.45) is 0 Å². The third-order valence-corrected chi connectivity index (χ3v) is 7.46. The number of carbonyl (C=O) groups excluding carboxylic acids is 2. The maximum Gasteiger partial charge on any atom is 0.287 e. The van der Waals surface area contributed by atoms with Gasteiger partial charge in [-0.05, 0) is 67.3 Å². The van der Waals surface area contributed by atoms with E-state index in [-0.39, 0.29) is 17.1 Å². The molecule has 2 heterocycles. The van der Waals surface area contributed by atoms with Gasteiger partial charge in [-0.25, -0.2) is 0 Å². The Bertz CT molecular complexity index is 1380. The first-order valence-electron chi connectivity index (χ1n) is 12.5. The fraction of sp³-hybridized carbons (Fsp3) is 0.345. The molecule has 6 nitrogen and oxygen atoms in total. The van der Waals surface area contributed by atoms with Gasteiger partial charge >= 0.3 is 0 Å². The van der Waals surface area contributed by atoms with Gasteiger partial charge in [-0.1, -0.05) is 47.5 Å². The van der Waals surface area contributed by atoms with E-state index >= 15 is 0 Å². The lowest BCUT2D eigenvalue weighted by molar-refractivity contribution is -0.128. The Hall–Kier alpha value is -3.38. The number of carbonyl (C=O) groups is 2. The van der Waals surface area contributed by atoms with E-state index in [0.717, 1.165) is 38.6 Å². The average Bonchev–Trinajstić information content (AvgIpc) is 3.29. The summed E-state index contributed by atoms with van der Waals surface area (Å²) in [7, 11) is 0. The van der Waals surface area contributed by atoms with Gasteiger partial charge in [0.15, 0.2) is 11.2 Å². The number of allylic oxidation sites excluding steroid dienone is 1.